The molecule has 0 aliphatic carbocycles. The third-order valence-corrected chi connectivity index (χ3v) is 6.08. The zero-order valence-electron chi connectivity index (χ0n) is 16.9. The van der Waals surface area contributed by atoms with Crippen molar-refractivity contribution in [3.05, 3.63) is 53.3 Å². The van der Waals surface area contributed by atoms with Gasteiger partial charge in [0, 0.05) is 33.2 Å². The van der Waals surface area contributed by atoms with Gasteiger partial charge in [0.1, 0.15) is 5.69 Å². The molecule has 1 N–H and O–H groups in total. The number of aromatic nitrogens is 2. The molecule has 6 nitrogen and oxygen atoms in total. The highest BCUT2D eigenvalue weighted by Crippen LogP contribution is 2.39. The standard InChI is InChI=1S/C22H30N4O2/c1-17-14-20(25(2)24-17)21(27)23-15-19-8-9-22(28-19)10-12-26(13-11-22)16-18-6-4-3-5-7-18/h3-7,14,19H,8-13,15-16H2,1-2H3,(H,23,27). The fourth-order valence-corrected chi connectivity index (χ4v) is 4.49. The van der Waals surface area contributed by atoms with Crippen LogP contribution in [0.15, 0.2) is 36.4 Å². The molecule has 1 aromatic heterocycles. The Morgan fingerprint density at radius 1 is 1.25 bits per heavy atom. The monoisotopic (exact) mass is 382 g/mol. The highest BCUT2D eigenvalue weighted by Gasteiger charge is 2.42. The molecule has 2 fully saturated rings. The summed E-state index contributed by atoms with van der Waals surface area (Å²) in [7, 11) is 1.80. The number of likely N-dealkylation sites (tertiary alicyclic amines) is 1. The van der Waals surface area contributed by atoms with Gasteiger partial charge in [0.2, 0.25) is 0 Å². The van der Waals surface area contributed by atoms with Gasteiger partial charge in [-0.15, -0.1) is 0 Å². The number of rotatable bonds is 5. The van der Waals surface area contributed by atoms with Gasteiger partial charge in [0.15, 0.2) is 0 Å². The molecule has 4 rings (SSSR count). The molecule has 6 heteroatoms. The first kappa shape index (κ1) is 19.2. The Balaban J connectivity index is 1.24. The van der Waals surface area contributed by atoms with E-state index in [9.17, 15) is 4.79 Å². The number of benzene rings is 1. The largest absolute Gasteiger partial charge is 0.370 e. The number of aryl methyl sites for hydroxylation is 2. The van der Waals surface area contributed by atoms with E-state index in [0.717, 1.165) is 51.0 Å². The molecular formula is C22H30N4O2. The zero-order valence-corrected chi connectivity index (χ0v) is 16.9. The number of carbonyl (C=O) groups is 1. The molecule has 0 radical (unpaired) electrons. The summed E-state index contributed by atoms with van der Waals surface area (Å²) in [5.41, 5.74) is 2.83. The maximum atomic E-state index is 12.4. The van der Waals surface area contributed by atoms with E-state index in [2.05, 4.69) is 45.6 Å². The number of hydrogen-bond acceptors (Lipinski definition) is 4. The third kappa shape index (κ3) is 4.28. The van der Waals surface area contributed by atoms with Crippen LogP contribution in [0, 0.1) is 6.92 Å². The number of hydrogen-bond donors (Lipinski definition) is 1. The number of ether oxygens (including phenoxy) is 1. The second-order valence-corrected chi connectivity index (χ2v) is 8.23. The maximum absolute atomic E-state index is 12.4. The van der Waals surface area contributed by atoms with Crippen LogP contribution in [0.3, 0.4) is 0 Å². The van der Waals surface area contributed by atoms with Crippen molar-refractivity contribution in [2.45, 2.75) is 50.9 Å². The summed E-state index contributed by atoms with van der Waals surface area (Å²) < 4.78 is 8.08. The van der Waals surface area contributed by atoms with Crippen LogP contribution in [-0.4, -0.2) is 51.9 Å². The molecule has 2 saturated heterocycles. The van der Waals surface area contributed by atoms with Crippen molar-refractivity contribution in [1.29, 1.82) is 0 Å². The fourth-order valence-electron chi connectivity index (χ4n) is 4.49. The van der Waals surface area contributed by atoms with Gasteiger partial charge in [-0.05, 0) is 44.2 Å². The lowest BCUT2D eigenvalue weighted by Crippen LogP contribution is -2.44. The average molecular weight is 383 g/mol. The number of carbonyl (C=O) groups excluding carboxylic acids is 1. The molecular weight excluding hydrogens is 352 g/mol. The molecule has 28 heavy (non-hydrogen) atoms. The predicted octanol–water partition coefficient (Wildman–Crippen LogP) is 2.67. The normalized spacial score (nSPS) is 21.9. The highest BCUT2D eigenvalue weighted by molar-refractivity contribution is 5.92. The summed E-state index contributed by atoms with van der Waals surface area (Å²) >= 11 is 0. The first-order chi connectivity index (χ1) is 13.5. The SMILES string of the molecule is Cc1cc(C(=O)NCC2CCC3(CCN(Cc4ccccc4)CC3)O2)n(C)n1. The van der Waals surface area contributed by atoms with Gasteiger partial charge in [0.05, 0.1) is 17.4 Å². The van der Waals surface area contributed by atoms with E-state index in [1.54, 1.807) is 11.7 Å². The molecule has 1 spiro atoms. The summed E-state index contributed by atoms with van der Waals surface area (Å²) in [5, 5.41) is 7.26. The molecule has 0 bridgehead atoms. The number of nitrogens with one attached hydrogen (secondary N) is 1. The van der Waals surface area contributed by atoms with Crippen molar-refractivity contribution in [2.75, 3.05) is 19.6 Å². The Morgan fingerprint density at radius 2 is 2.00 bits per heavy atom. The van der Waals surface area contributed by atoms with Gasteiger partial charge < -0.3 is 10.1 Å². The maximum Gasteiger partial charge on any atom is 0.269 e. The van der Waals surface area contributed by atoms with Crippen LogP contribution in [0.1, 0.15) is 47.4 Å². The second-order valence-electron chi connectivity index (χ2n) is 8.23. The van der Waals surface area contributed by atoms with E-state index >= 15 is 0 Å². The topological polar surface area (TPSA) is 59.4 Å². The van der Waals surface area contributed by atoms with E-state index in [1.807, 2.05) is 13.0 Å². The lowest BCUT2D eigenvalue weighted by atomic mass is 9.88. The van der Waals surface area contributed by atoms with Gasteiger partial charge >= 0.3 is 0 Å². The summed E-state index contributed by atoms with van der Waals surface area (Å²) in [5.74, 6) is -0.0784. The lowest BCUT2D eigenvalue weighted by Gasteiger charge is -2.39. The molecule has 1 atom stereocenters. The molecule has 150 valence electrons. The van der Waals surface area contributed by atoms with Crippen LogP contribution < -0.4 is 5.32 Å². The van der Waals surface area contributed by atoms with Crippen LogP contribution in [0.4, 0.5) is 0 Å². The van der Waals surface area contributed by atoms with Crippen molar-refractivity contribution in [3.63, 3.8) is 0 Å². The smallest absolute Gasteiger partial charge is 0.269 e. The molecule has 0 saturated carbocycles. The van der Waals surface area contributed by atoms with Crippen molar-refractivity contribution in [1.82, 2.24) is 20.0 Å². The van der Waals surface area contributed by atoms with Crippen molar-refractivity contribution in [2.24, 2.45) is 7.05 Å². The molecule has 2 aliphatic heterocycles. The Labute approximate surface area is 166 Å². The summed E-state index contributed by atoms with van der Waals surface area (Å²) in [6.45, 7) is 5.62. The molecule has 1 amide bonds. The molecule has 1 aromatic carbocycles. The Bertz CT molecular complexity index is 809. The first-order valence-corrected chi connectivity index (χ1v) is 10.3. The predicted molar refractivity (Wildman–Crippen MR) is 108 cm³/mol. The number of amides is 1. The van der Waals surface area contributed by atoms with Gasteiger partial charge in [-0.25, -0.2) is 0 Å². The van der Waals surface area contributed by atoms with E-state index < -0.39 is 0 Å². The molecule has 1 unspecified atom stereocenters. The molecule has 2 aliphatic rings. The zero-order chi connectivity index (χ0) is 19.6. The lowest BCUT2D eigenvalue weighted by molar-refractivity contribution is -0.0764. The molecule has 3 heterocycles. The van der Waals surface area contributed by atoms with E-state index in [0.29, 0.717) is 12.2 Å². The van der Waals surface area contributed by atoms with Crippen molar-refractivity contribution < 1.29 is 9.53 Å². The minimum Gasteiger partial charge on any atom is -0.370 e. The second kappa shape index (κ2) is 8.05. The van der Waals surface area contributed by atoms with Gasteiger partial charge in [-0.1, -0.05) is 30.3 Å². The Hall–Kier alpha value is -2.18. The number of nitrogens with zero attached hydrogens (tertiary/aromatic N) is 3. The average Bonchev–Trinajstić information content (AvgIpc) is 3.25. The Kier molecular flexibility index (Phi) is 5.51. The van der Waals surface area contributed by atoms with Crippen LogP contribution in [0.25, 0.3) is 0 Å². The van der Waals surface area contributed by atoms with Gasteiger partial charge in [-0.3, -0.25) is 14.4 Å². The van der Waals surface area contributed by atoms with Crippen LogP contribution in [0.5, 0.6) is 0 Å². The van der Waals surface area contributed by atoms with Crippen LogP contribution in [-0.2, 0) is 18.3 Å². The van der Waals surface area contributed by atoms with Gasteiger partial charge in [-0.2, -0.15) is 5.10 Å². The van der Waals surface area contributed by atoms with Crippen LogP contribution in [0.2, 0.25) is 0 Å². The minimum absolute atomic E-state index is 0.00565. The van der Waals surface area contributed by atoms with Gasteiger partial charge in [0.25, 0.3) is 5.91 Å². The Morgan fingerprint density at radius 3 is 2.68 bits per heavy atom. The first-order valence-electron chi connectivity index (χ1n) is 10.3. The minimum atomic E-state index is -0.0784. The van der Waals surface area contributed by atoms with E-state index in [1.165, 1.54) is 5.56 Å². The summed E-state index contributed by atoms with van der Waals surface area (Å²) in [6, 6.07) is 12.5. The fraction of sp³-hybridized carbons (Fsp3) is 0.545. The van der Waals surface area contributed by atoms with Crippen molar-refractivity contribution in [3.8, 4) is 0 Å². The van der Waals surface area contributed by atoms with Crippen molar-refractivity contribution >= 4 is 5.91 Å². The summed E-state index contributed by atoms with van der Waals surface area (Å²) in [4.78, 5) is 14.9. The third-order valence-electron chi connectivity index (χ3n) is 6.08. The van der Waals surface area contributed by atoms with Crippen LogP contribution >= 0.6 is 0 Å². The van der Waals surface area contributed by atoms with E-state index in [4.69, 9.17) is 4.74 Å². The highest BCUT2D eigenvalue weighted by atomic mass is 16.5. The summed E-state index contributed by atoms with van der Waals surface area (Å²) in [6.07, 6.45) is 4.37. The molecule has 2 aromatic rings. The quantitative estimate of drug-likeness (QED) is 0.864. The van der Waals surface area contributed by atoms with E-state index in [-0.39, 0.29) is 17.6 Å². The number of piperidine rings is 1.